The lowest BCUT2D eigenvalue weighted by Crippen LogP contribution is -2.37. The molecule has 2 N–H and O–H groups in total. The highest BCUT2D eigenvalue weighted by molar-refractivity contribution is 7.47. The van der Waals surface area contributed by atoms with Crippen molar-refractivity contribution in [1.29, 1.82) is 0 Å². The van der Waals surface area contributed by atoms with E-state index in [9.17, 15) is 24.2 Å². The van der Waals surface area contributed by atoms with Gasteiger partial charge in [0.05, 0.1) is 33.9 Å². The van der Waals surface area contributed by atoms with Crippen molar-refractivity contribution in [3.05, 3.63) is 48.6 Å². The number of ether oxygens (including phenoxy) is 2. The molecule has 0 bridgehead atoms. The summed E-state index contributed by atoms with van der Waals surface area (Å²) in [4.78, 5) is 35.4. The second kappa shape index (κ2) is 40.0. The molecule has 0 aromatic heterocycles. The molecule has 0 aromatic carbocycles. The van der Waals surface area contributed by atoms with Gasteiger partial charge in [-0.15, -0.1) is 0 Å². The molecular formula is C48H89NO9P+. The fraction of sp³-hybridized carbons (Fsp3) is 0.792. The summed E-state index contributed by atoms with van der Waals surface area (Å²) in [6, 6.07) is 0. The molecule has 0 radical (unpaired) electrons. The van der Waals surface area contributed by atoms with Crippen LogP contribution in [0.3, 0.4) is 0 Å². The van der Waals surface area contributed by atoms with Crippen LogP contribution in [0, 0.1) is 0 Å². The molecule has 0 spiro atoms. The lowest BCUT2D eigenvalue weighted by Gasteiger charge is -2.24. The predicted octanol–water partition coefficient (Wildman–Crippen LogP) is 12.4. The van der Waals surface area contributed by atoms with E-state index >= 15 is 0 Å². The van der Waals surface area contributed by atoms with Crippen LogP contribution in [0.4, 0.5) is 0 Å². The van der Waals surface area contributed by atoms with Crippen LogP contribution in [-0.4, -0.2) is 86.1 Å². The second-order valence-electron chi connectivity index (χ2n) is 17.0. The molecule has 0 aliphatic carbocycles. The summed E-state index contributed by atoms with van der Waals surface area (Å²) in [6.07, 6.45) is 43.3. The number of phosphoric acid groups is 1. The molecule has 59 heavy (non-hydrogen) atoms. The number of quaternary nitrogens is 1. The number of aliphatic hydroxyl groups excluding tert-OH is 1. The smallest absolute Gasteiger partial charge is 0.462 e. The van der Waals surface area contributed by atoms with E-state index in [1.165, 1.54) is 103 Å². The predicted molar refractivity (Wildman–Crippen MR) is 244 cm³/mol. The van der Waals surface area contributed by atoms with E-state index in [-0.39, 0.29) is 26.1 Å². The first kappa shape index (κ1) is 56.9. The molecule has 0 fully saturated rings. The van der Waals surface area contributed by atoms with Crippen molar-refractivity contribution in [2.24, 2.45) is 0 Å². The van der Waals surface area contributed by atoms with Crippen LogP contribution in [0.5, 0.6) is 0 Å². The molecule has 344 valence electrons. The third-order valence-electron chi connectivity index (χ3n) is 9.94. The molecule has 0 saturated heterocycles. The van der Waals surface area contributed by atoms with Crippen LogP contribution in [0.25, 0.3) is 0 Å². The second-order valence-corrected chi connectivity index (χ2v) is 18.4. The van der Waals surface area contributed by atoms with E-state index in [2.05, 4.69) is 38.2 Å². The number of allylic oxidation sites excluding steroid dienone is 7. The van der Waals surface area contributed by atoms with Crippen molar-refractivity contribution in [2.45, 2.75) is 199 Å². The van der Waals surface area contributed by atoms with Gasteiger partial charge in [-0.1, -0.05) is 159 Å². The van der Waals surface area contributed by atoms with Gasteiger partial charge in [-0.3, -0.25) is 18.6 Å². The molecule has 0 aliphatic heterocycles. The highest BCUT2D eigenvalue weighted by Gasteiger charge is 2.27. The first-order chi connectivity index (χ1) is 28.4. The van der Waals surface area contributed by atoms with Crippen LogP contribution < -0.4 is 0 Å². The Bertz CT molecular complexity index is 1160. The minimum Gasteiger partial charge on any atom is -0.462 e. The standard InChI is InChI=1S/C48H88NO9P/c1-6-8-10-12-14-16-18-20-21-22-23-25-27-29-31-33-35-39-47(51)55-43-46(44-57-59(53,54)56-42-41-49(3,4)5)58-48(52)40-36-38-45(50)37-34-32-30-28-26-24-19-17-15-13-11-9-7-2/h20-21,24,26,30,32,34,37,45-46,50H,6-19,22-23,25,27-29,31,33,35-36,38-44H2,1-5H3/p+1/b21-20-,26-24+,32-30+,37-34+/t45?,46-/m1/s1. The number of likely N-dealkylation sites (N-methyl/N-ethyl adjacent to an activating group) is 1. The largest absolute Gasteiger partial charge is 0.472 e. The first-order valence-corrected chi connectivity index (χ1v) is 25.0. The number of esters is 2. The Hall–Kier alpha value is -2.07. The average Bonchev–Trinajstić information content (AvgIpc) is 3.18. The molecule has 10 nitrogen and oxygen atoms in total. The fourth-order valence-corrected chi connectivity index (χ4v) is 6.94. The highest BCUT2D eigenvalue weighted by atomic mass is 31.2. The summed E-state index contributed by atoms with van der Waals surface area (Å²) >= 11 is 0. The van der Waals surface area contributed by atoms with Crippen molar-refractivity contribution in [3.8, 4) is 0 Å². The SMILES string of the molecule is CCCCCCCC/C=C\CCCCCCCCCC(=O)OC[C@H](COP(=O)(O)OCC[N+](C)(C)C)OC(=O)CCCC(O)/C=C/C=C/C/C=C/CCCCCCCC. The van der Waals surface area contributed by atoms with Crippen molar-refractivity contribution in [1.82, 2.24) is 0 Å². The lowest BCUT2D eigenvalue weighted by molar-refractivity contribution is -0.870. The molecule has 0 rings (SSSR count). The van der Waals surface area contributed by atoms with Crippen LogP contribution in [0.2, 0.25) is 0 Å². The third kappa shape index (κ3) is 43.8. The fourth-order valence-electron chi connectivity index (χ4n) is 6.19. The van der Waals surface area contributed by atoms with E-state index in [4.69, 9.17) is 18.5 Å². The van der Waals surface area contributed by atoms with Gasteiger partial charge in [0.15, 0.2) is 6.10 Å². The van der Waals surface area contributed by atoms with Crippen molar-refractivity contribution in [2.75, 3.05) is 47.5 Å². The molecule has 3 atom stereocenters. The van der Waals surface area contributed by atoms with E-state index in [1.54, 1.807) is 12.2 Å². The van der Waals surface area contributed by atoms with Gasteiger partial charge in [0.2, 0.25) is 0 Å². The minimum atomic E-state index is -4.43. The number of phosphoric ester groups is 1. The summed E-state index contributed by atoms with van der Waals surface area (Å²) in [6.45, 7) is 4.19. The Morgan fingerprint density at radius 3 is 1.68 bits per heavy atom. The number of carbonyl (C=O) groups is 2. The molecule has 2 unspecified atom stereocenters. The van der Waals surface area contributed by atoms with E-state index in [0.29, 0.717) is 30.3 Å². The van der Waals surface area contributed by atoms with Crippen LogP contribution in [-0.2, 0) is 32.7 Å². The van der Waals surface area contributed by atoms with Gasteiger partial charge >= 0.3 is 19.8 Å². The number of nitrogens with zero attached hydrogens (tertiary/aromatic N) is 1. The van der Waals surface area contributed by atoms with Crippen LogP contribution >= 0.6 is 7.82 Å². The number of hydrogen-bond acceptors (Lipinski definition) is 8. The van der Waals surface area contributed by atoms with E-state index in [0.717, 1.165) is 38.5 Å². The van der Waals surface area contributed by atoms with Crippen molar-refractivity contribution in [3.63, 3.8) is 0 Å². The van der Waals surface area contributed by atoms with Crippen molar-refractivity contribution >= 4 is 19.8 Å². The maximum atomic E-state index is 12.7. The summed E-state index contributed by atoms with van der Waals surface area (Å²) in [7, 11) is 1.36. The monoisotopic (exact) mass is 855 g/mol. The Morgan fingerprint density at radius 2 is 1.12 bits per heavy atom. The Balaban J connectivity index is 4.51. The Kier molecular flexibility index (Phi) is 38.6. The first-order valence-electron chi connectivity index (χ1n) is 23.5. The van der Waals surface area contributed by atoms with Gasteiger partial charge < -0.3 is 24.0 Å². The summed E-state index contributed by atoms with van der Waals surface area (Å²) < 4.78 is 34.2. The topological polar surface area (TPSA) is 129 Å². The van der Waals surface area contributed by atoms with Crippen LogP contribution in [0.1, 0.15) is 187 Å². The number of carbonyl (C=O) groups excluding carboxylic acids is 2. The average molecular weight is 855 g/mol. The normalized spacial score (nSPS) is 14.5. The number of aliphatic hydroxyl groups is 1. The number of hydrogen-bond donors (Lipinski definition) is 2. The highest BCUT2D eigenvalue weighted by Crippen LogP contribution is 2.43. The van der Waals surface area contributed by atoms with Gasteiger partial charge in [0.1, 0.15) is 19.8 Å². The zero-order chi connectivity index (χ0) is 43.7. The number of rotatable bonds is 42. The van der Waals surface area contributed by atoms with Gasteiger partial charge in [0, 0.05) is 12.8 Å². The van der Waals surface area contributed by atoms with Crippen molar-refractivity contribution < 1.29 is 47.2 Å². The van der Waals surface area contributed by atoms with E-state index in [1.807, 2.05) is 33.3 Å². The Morgan fingerprint density at radius 1 is 0.610 bits per heavy atom. The van der Waals surface area contributed by atoms with Gasteiger partial charge in [-0.05, 0) is 64.2 Å². The Labute approximate surface area is 361 Å². The lowest BCUT2D eigenvalue weighted by atomic mass is 10.1. The molecular weight excluding hydrogens is 765 g/mol. The maximum Gasteiger partial charge on any atom is 0.472 e. The molecule has 0 aromatic rings. The molecule has 0 saturated carbocycles. The third-order valence-corrected chi connectivity index (χ3v) is 10.9. The molecule has 0 aliphatic rings. The van der Waals surface area contributed by atoms with Gasteiger partial charge in [-0.2, -0.15) is 0 Å². The molecule has 11 heteroatoms. The summed E-state index contributed by atoms with van der Waals surface area (Å²) in [5.74, 6) is -1.00. The van der Waals surface area contributed by atoms with Gasteiger partial charge in [-0.25, -0.2) is 4.57 Å². The maximum absolute atomic E-state index is 12.7. The minimum absolute atomic E-state index is 0.00363. The van der Waals surface area contributed by atoms with E-state index < -0.39 is 38.6 Å². The summed E-state index contributed by atoms with van der Waals surface area (Å²) in [5.41, 5.74) is 0. The molecule has 0 amide bonds. The van der Waals surface area contributed by atoms with Crippen LogP contribution in [0.15, 0.2) is 48.6 Å². The number of unbranched alkanes of at least 4 members (excludes halogenated alkanes) is 19. The zero-order valence-corrected chi connectivity index (χ0v) is 39.2. The molecule has 0 heterocycles. The zero-order valence-electron chi connectivity index (χ0n) is 38.3. The van der Waals surface area contributed by atoms with Gasteiger partial charge in [0.25, 0.3) is 0 Å². The quantitative estimate of drug-likeness (QED) is 0.0154. The summed E-state index contributed by atoms with van der Waals surface area (Å²) in [5, 5.41) is 10.3.